The lowest BCUT2D eigenvalue weighted by Gasteiger charge is -2.15. The van der Waals surface area contributed by atoms with E-state index in [1.165, 1.54) is 17.7 Å². The van der Waals surface area contributed by atoms with Gasteiger partial charge in [-0.1, -0.05) is 11.6 Å². The molecule has 1 heterocycles. The number of piperidine rings is 1. The first-order valence-corrected chi connectivity index (χ1v) is 5.10. The molecule has 1 saturated heterocycles. The molecule has 0 unspecified atom stereocenters. The van der Waals surface area contributed by atoms with Crippen LogP contribution < -0.4 is 5.32 Å². The van der Waals surface area contributed by atoms with Crippen LogP contribution in [0.4, 0.5) is 8.78 Å². The molecule has 0 aliphatic carbocycles. The molecule has 0 atom stereocenters. The number of hydrogen-bond donors (Lipinski definition) is 1. The Balaban J connectivity index is 2.21. The highest BCUT2D eigenvalue weighted by atomic mass is 19.1. The van der Waals surface area contributed by atoms with Crippen LogP contribution in [0.5, 0.6) is 0 Å². The van der Waals surface area contributed by atoms with E-state index in [0.29, 0.717) is 5.56 Å². The zero-order valence-corrected chi connectivity index (χ0v) is 8.39. The van der Waals surface area contributed by atoms with Crippen molar-refractivity contribution in [3.8, 4) is 0 Å². The lowest BCUT2D eigenvalue weighted by molar-refractivity contribution is 0.582. The van der Waals surface area contributed by atoms with E-state index in [1.54, 1.807) is 0 Å². The number of nitrogens with one attached hydrogen (secondary N) is 1. The van der Waals surface area contributed by atoms with Crippen LogP contribution in [0.1, 0.15) is 18.4 Å². The second-order valence-electron chi connectivity index (χ2n) is 3.79. The van der Waals surface area contributed by atoms with Crippen molar-refractivity contribution < 1.29 is 8.78 Å². The second kappa shape index (κ2) is 4.53. The summed E-state index contributed by atoms with van der Waals surface area (Å²) in [4.78, 5) is 0. The summed E-state index contributed by atoms with van der Waals surface area (Å²) in [5.41, 5.74) is 1.80. The van der Waals surface area contributed by atoms with E-state index in [2.05, 4.69) is 5.32 Å². The summed E-state index contributed by atoms with van der Waals surface area (Å²) in [6.07, 6.45) is 3.95. The third kappa shape index (κ3) is 2.86. The van der Waals surface area contributed by atoms with Crippen LogP contribution in [0, 0.1) is 11.6 Å². The molecular formula is C12H13F2N. The lowest BCUT2D eigenvalue weighted by atomic mass is 10.0. The van der Waals surface area contributed by atoms with E-state index in [1.807, 2.05) is 6.08 Å². The monoisotopic (exact) mass is 209 g/mol. The summed E-state index contributed by atoms with van der Waals surface area (Å²) in [5, 5.41) is 3.23. The first kappa shape index (κ1) is 10.3. The summed E-state index contributed by atoms with van der Waals surface area (Å²) in [5.74, 6) is -1.05. The molecule has 15 heavy (non-hydrogen) atoms. The van der Waals surface area contributed by atoms with Gasteiger partial charge in [-0.05, 0) is 37.1 Å². The van der Waals surface area contributed by atoms with Gasteiger partial charge in [0.05, 0.1) is 0 Å². The maximum absolute atomic E-state index is 12.9. The van der Waals surface area contributed by atoms with E-state index in [9.17, 15) is 8.78 Å². The Morgan fingerprint density at radius 1 is 1.13 bits per heavy atom. The van der Waals surface area contributed by atoms with Crippen molar-refractivity contribution in [2.75, 3.05) is 13.1 Å². The summed E-state index contributed by atoms with van der Waals surface area (Å²) >= 11 is 0. The molecule has 80 valence electrons. The van der Waals surface area contributed by atoms with Crippen molar-refractivity contribution in [1.82, 2.24) is 5.32 Å². The van der Waals surface area contributed by atoms with Crippen LogP contribution in [-0.2, 0) is 0 Å². The zero-order chi connectivity index (χ0) is 10.7. The third-order valence-electron chi connectivity index (χ3n) is 2.46. The molecule has 1 aliphatic rings. The van der Waals surface area contributed by atoms with Gasteiger partial charge in [-0.25, -0.2) is 8.78 Å². The standard InChI is InChI=1S/C12H13F2N/c13-11-5-10(6-12(14)7-11)4-9-2-1-3-15-8-9/h4-7,15H,1-3,8H2/b9-4-. The number of rotatable bonds is 1. The predicted molar refractivity (Wildman–Crippen MR) is 56.4 cm³/mol. The minimum absolute atomic E-state index is 0.523. The highest BCUT2D eigenvalue weighted by Gasteiger charge is 2.05. The van der Waals surface area contributed by atoms with Crippen LogP contribution in [0.25, 0.3) is 6.08 Å². The van der Waals surface area contributed by atoms with Crippen molar-refractivity contribution in [1.29, 1.82) is 0 Å². The molecule has 0 amide bonds. The average Bonchev–Trinajstić information content (AvgIpc) is 2.17. The lowest BCUT2D eigenvalue weighted by Crippen LogP contribution is -2.23. The zero-order valence-electron chi connectivity index (χ0n) is 8.39. The fraction of sp³-hybridized carbons (Fsp3) is 0.333. The van der Waals surface area contributed by atoms with Crippen molar-refractivity contribution in [3.63, 3.8) is 0 Å². The minimum atomic E-state index is -0.523. The van der Waals surface area contributed by atoms with E-state index >= 15 is 0 Å². The Morgan fingerprint density at radius 3 is 2.47 bits per heavy atom. The fourth-order valence-corrected chi connectivity index (χ4v) is 1.80. The van der Waals surface area contributed by atoms with Gasteiger partial charge in [0.15, 0.2) is 0 Å². The summed E-state index contributed by atoms with van der Waals surface area (Å²) < 4.78 is 25.8. The summed E-state index contributed by atoms with van der Waals surface area (Å²) in [7, 11) is 0. The van der Waals surface area contributed by atoms with Gasteiger partial charge in [0, 0.05) is 12.6 Å². The topological polar surface area (TPSA) is 12.0 Å². The Kier molecular flexibility index (Phi) is 3.11. The quantitative estimate of drug-likeness (QED) is 0.749. The molecule has 2 rings (SSSR count). The normalized spacial score (nSPS) is 19.5. The highest BCUT2D eigenvalue weighted by Crippen LogP contribution is 2.15. The van der Waals surface area contributed by atoms with Crippen LogP contribution in [0.3, 0.4) is 0 Å². The Morgan fingerprint density at radius 2 is 1.87 bits per heavy atom. The molecule has 0 spiro atoms. The van der Waals surface area contributed by atoms with Gasteiger partial charge in [0.2, 0.25) is 0 Å². The van der Waals surface area contributed by atoms with Crippen molar-refractivity contribution in [2.24, 2.45) is 0 Å². The molecule has 1 N–H and O–H groups in total. The fourth-order valence-electron chi connectivity index (χ4n) is 1.80. The molecule has 0 aromatic heterocycles. The largest absolute Gasteiger partial charge is 0.313 e. The molecule has 1 aromatic carbocycles. The predicted octanol–water partition coefficient (Wildman–Crippen LogP) is 2.73. The number of halogens is 2. The summed E-state index contributed by atoms with van der Waals surface area (Å²) in [6, 6.07) is 3.59. The van der Waals surface area contributed by atoms with Gasteiger partial charge < -0.3 is 5.32 Å². The van der Waals surface area contributed by atoms with Gasteiger partial charge >= 0.3 is 0 Å². The maximum Gasteiger partial charge on any atom is 0.126 e. The first-order valence-electron chi connectivity index (χ1n) is 5.10. The molecule has 1 aliphatic heterocycles. The Hall–Kier alpha value is -1.22. The van der Waals surface area contributed by atoms with E-state index < -0.39 is 11.6 Å². The number of hydrogen-bond acceptors (Lipinski definition) is 1. The molecule has 3 heteroatoms. The molecule has 1 fully saturated rings. The van der Waals surface area contributed by atoms with Crippen LogP contribution in [0.15, 0.2) is 23.8 Å². The highest BCUT2D eigenvalue weighted by molar-refractivity contribution is 5.53. The van der Waals surface area contributed by atoms with Gasteiger partial charge in [-0.2, -0.15) is 0 Å². The van der Waals surface area contributed by atoms with Gasteiger partial charge in [-0.3, -0.25) is 0 Å². The van der Waals surface area contributed by atoms with Gasteiger partial charge in [0.25, 0.3) is 0 Å². The van der Waals surface area contributed by atoms with Crippen LogP contribution >= 0.6 is 0 Å². The smallest absolute Gasteiger partial charge is 0.126 e. The Labute approximate surface area is 87.8 Å². The number of benzene rings is 1. The van der Waals surface area contributed by atoms with Crippen molar-refractivity contribution >= 4 is 6.08 Å². The average molecular weight is 209 g/mol. The van der Waals surface area contributed by atoms with Crippen LogP contribution in [-0.4, -0.2) is 13.1 Å². The van der Waals surface area contributed by atoms with Gasteiger partial charge in [0.1, 0.15) is 11.6 Å². The first-order chi connectivity index (χ1) is 7.24. The molecule has 1 aromatic rings. The molecular weight excluding hydrogens is 196 g/mol. The molecule has 0 radical (unpaired) electrons. The maximum atomic E-state index is 12.9. The van der Waals surface area contributed by atoms with Crippen molar-refractivity contribution in [2.45, 2.75) is 12.8 Å². The van der Waals surface area contributed by atoms with E-state index in [0.717, 1.165) is 32.0 Å². The van der Waals surface area contributed by atoms with Crippen LogP contribution in [0.2, 0.25) is 0 Å². The Bertz CT molecular complexity index is 357. The SMILES string of the molecule is Fc1cc(F)cc(/C=C2/CCCNC2)c1. The van der Waals surface area contributed by atoms with E-state index in [4.69, 9.17) is 0 Å². The summed E-state index contributed by atoms with van der Waals surface area (Å²) in [6.45, 7) is 1.84. The second-order valence-corrected chi connectivity index (χ2v) is 3.79. The molecule has 0 bridgehead atoms. The van der Waals surface area contributed by atoms with Crippen molar-refractivity contribution in [3.05, 3.63) is 41.0 Å². The third-order valence-corrected chi connectivity index (χ3v) is 2.46. The molecule has 0 saturated carbocycles. The molecule has 1 nitrogen and oxygen atoms in total. The minimum Gasteiger partial charge on any atom is -0.313 e. The van der Waals surface area contributed by atoms with E-state index in [-0.39, 0.29) is 0 Å². The van der Waals surface area contributed by atoms with Gasteiger partial charge in [-0.15, -0.1) is 0 Å².